The summed E-state index contributed by atoms with van der Waals surface area (Å²) < 4.78 is 41.6. The predicted molar refractivity (Wildman–Crippen MR) is 69.5 cm³/mol. The van der Waals surface area contributed by atoms with Crippen molar-refractivity contribution in [2.75, 3.05) is 0 Å². The monoisotopic (exact) mass is 323 g/mol. The van der Waals surface area contributed by atoms with Gasteiger partial charge in [-0.3, -0.25) is 0 Å². The number of hydrogen-bond acceptors (Lipinski definition) is 1. The highest BCUT2D eigenvalue weighted by Gasteiger charge is 2.19. The molecule has 0 fully saturated rings. The Morgan fingerprint density at radius 2 is 1.94 bits per heavy atom. The summed E-state index contributed by atoms with van der Waals surface area (Å²) in [6, 6.07) is 2.39. The average molecular weight is 324 g/mol. The average Bonchev–Trinajstić information content (AvgIpc) is 2.22. The lowest BCUT2D eigenvalue weighted by atomic mass is 10.2. The second-order valence-electron chi connectivity index (χ2n) is 4.35. The van der Waals surface area contributed by atoms with Crippen molar-refractivity contribution in [1.29, 1.82) is 0 Å². The van der Waals surface area contributed by atoms with Gasteiger partial charge < -0.3 is 0 Å². The van der Waals surface area contributed by atoms with E-state index in [-0.39, 0.29) is 5.56 Å². The minimum absolute atomic E-state index is 0.0393. The SMILES string of the molecule is CC(C)(C)[S@](=O)N=Cc1c(Br)ccc(F)c1F. The Kier molecular flexibility index (Phi) is 4.55. The van der Waals surface area contributed by atoms with Crippen LogP contribution in [0.3, 0.4) is 0 Å². The van der Waals surface area contributed by atoms with Crippen molar-refractivity contribution in [2.24, 2.45) is 4.40 Å². The molecule has 1 aromatic carbocycles. The van der Waals surface area contributed by atoms with Crippen LogP contribution in [0.15, 0.2) is 21.0 Å². The van der Waals surface area contributed by atoms with E-state index in [9.17, 15) is 13.0 Å². The molecule has 0 spiro atoms. The summed E-state index contributed by atoms with van der Waals surface area (Å²) in [5, 5.41) is 0. The zero-order valence-corrected chi connectivity index (χ0v) is 12.0. The van der Waals surface area contributed by atoms with Gasteiger partial charge in [-0.25, -0.2) is 13.0 Å². The van der Waals surface area contributed by atoms with E-state index in [0.29, 0.717) is 4.47 Å². The molecule has 0 amide bonds. The number of rotatable bonds is 2. The molecule has 0 heterocycles. The first-order valence-electron chi connectivity index (χ1n) is 4.83. The predicted octanol–water partition coefficient (Wildman–Crippen LogP) is 3.61. The summed E-state index contributed by atoms with van der Waals surface area (Å²) >= 11 is 3.08. The van der Waals surface area contributed by atoms with E-state index in [1.807, 2.05) is 0 Å². The third kappa shape index (κ3) is 3.67. The Bertz CT molecular complexity index is 483. The maximum absolute atomic E-state index is 13.4. The molecule has 6 heteroatoms. The van der Waals surface area contributed by atoms with Gasteiger partial charge in [0.2, 0.25) is 0 Å². The first-order valence-corrected chi connectivity index (χ1v) is 6.73. The molecule has 0 radical (unpaired) electrons. The van der Waals surface area contributed by atoms with Gasteiger partial charge in [-0.2, -0.15) is 4.40 Å². The minimum atomic E-state index is -1.50. The molecular formula is C11H12BrF2NOS. The normalized spacial score (nSPS) is 14.2. The van der Waals surface area contributed by atoms with Gasteiger partial charge in [0.15, 0.2) is 11.6 Å². The molecule has 1 aromatic rings. The maximum atomic E-state index is 13.4. The first kappa shape index (κ1) is 14.4. The highest BCUT2D eigenvalue weighted by Crippen LogP contribution is 2.21. The molecule has 0 aliphatic heterocycles. The highest BCUT2D eigenvalue weighted by atomic mass is 79.9. The van der Waals surface area contributed by atoms with Gasteiger partial charge in [0, 0.05) is 16.3 Å². The number of benzene rings is 1. The van der Waals surface area contributed by atoms with Gasteiger partial charge in [0.05, 0.1) is 4.75 Å². The van der Waals surface area contributed by atoms with Crippen LogP contribution < -0.4 is 0 Å². The van der Waals surface area contributed by atoms with Crippen molar-refractivity contribution in [2.45, 2.75) is 25.5 Å². The van der Waals surface area contributed by atoms with E-state index in [4.69, 9.17) is 0 Å². The standard InChI is InChI=1S/C11H12BrF2NOS/c1-11(2,3)17(16)15-6-7-8(12)4-5-9(13)10(7)14/h4-6H,1-3H3/t17-/m0/s1. The zero-order valence-electron chi connectivity index (χ0n) is 9.63. The maximum Gasteiger partial charge on any atom is 0.168 e. The molecule has 0 aliphatic carbocycles. The molecule has 0 saturated carbocycles. The van der Waals surface area contributed by atoms with Crippen LogP contribution >= 0.6 is 15.9 Å². The van der Waals surface area contributed by atoms with E-state index in [2.05, 4.69) is 20.3 Å². The molecule has 0 bridgehead atoms. The summed E-state index contributed by atoms with van der Waals surface area (Å²) in [6.07, 6.45) is 1.09. The van der Waals surface area contributed by atoms with E-state index < -0.39 is 27.4 Å². The smallest absolute Gasteiger partial charge is 0.168 e. The van der Waals surface area contributed by atoms with E-state index in [1.54, 1.807) is 20.8 Å². The fraction of sp³-hybridized carbons (Fsp3) is 0.364. The van der Waals surface area contributed by atoms with Crippen molar-refractivity contribution < 1.29 is 13.0 Å². The lowest BCUT2D eigenvalue weighted by molar-refractivity contribution is 0.507. The third-order valence-corrected chi connectivity index (χ3v) is 3.92. The van der Waals surface area contributed by atoms with Gasteiger partial charge in [-0.1, -0.05) is 15.9 Å². The summed E-state index contributed by atoms with van der Waals surface area (Å²) in [7, 11) is -1.50. The van der Waals surface area contributed by atoms with Crippen LogP contribution in [0.4, 0.5) is 8.78 Å². The van der Waals surface area contributed by atoms with Gasteiger partial charge in [0.1, 0.15) is 11.0 Å². The topological polar surface area (TPSA) is 29.4 Å². The van der Waals surface area contributed by atoms with Gasteiger partial charge in [0.25, 0.3) is 0 Å². The lowest BCUT2D eigenvalue weighted by Crippen LogP contribution is -2.19. The molecular weight excluding hydrogens is 312 g/mol. The molecule has 0 N–H and O–H groups in total. The summed E-state index contributed by atoms with van der Waals surface area (Å²) in [6.45, 7) is 5.24. The van der Waals surface area contributed by atoms with E-state index in [0.717, 1.165) is 12.3 Å². The number of nitrogens with zero attached hydrogens (tertiary/aromatic N) is 1. The van der Waals surface area contributed by atoms with Crippen molar-refractivity contribution in [3.8, 4) is 0 Å². The fourth-order valence-electron chi connectivity index (χ4n) is 0.920. The largest absolute Gasteiger partial charge is 0.234 e. The molecule has 0 saturated heterocycles. The summed E-state index contributed by atoms with van der Waals surface area (Å²) in [5.41, 5.74) is -0.0393. The first-order chi connectivity index (χ1) is 7.73. The minimum Gasteiger partial charge on any atom is -0.234 e. The Hall–Kier alpha value is -0.620. The molecule has 17 heavy (non-hydrogen) atoms. The summed E-state index contributed by atoms with van der Waals surface area (Å²) in [5.74, 6) is -1.97. The van der Waals surface area contributed by atoms with Gasteiger partial charge in [-0.05, 0) is 32.9 Å². The van der Waals surface area contributed by atoms with Crippen LogP contribution in [-0.2, 0) is 11.0 Å². The fourth-order valence-corrected chi connectivity index (χ4v) is 1.85. The Balaban J connectivity index is 3.08. The van der Waals surface area contributed by atoms with E-state index >= 15 is 0 Å². The van der Waals surface area contributed by atoms with Gasteiger partial charge >= 0.3 is 0 Å². The number of halogens is 3. The highest BCUT2D eigenvalue weighted by molar-refractivity contribution is 9.10. The Morgan fingerprint density at radius 1 is 1.35 bits per heavy atom. The second kappa shape index (κ2) is 5.35. The zero-order chi connectivity index (χ0) is 13.2. The van der Waals surface area contributed by atoms with E-state index in [1.165, 1.54) is 6.07 Å². The lowest BCUT2D eigenvalue weighted by Gasteiger charge is -2.12. The molecule has 1 atom stereocenters. The van der Waals surface area contributed by atoms with Crippen molar-refractivity contribution in [1.82, 2.24) is 0 Å². The summed E-state index contributed by atoms with van der Waals surface area (Å²) in [4.78, 5) is 0. The molecule has 94 valence electrons. The Labute approximate surface area is 110 Å². The molecule has 0 aliphatic rings. The Morgan fingerprint density at radius 3 is 2.47 bits per heavy atom. The molecule has 0 aromatic heterocycles. The van der Waals surface area contributed by atoms with Gasteiger partial charge in [-0.15, -0.1) is 0 Å². The van der Waals surface area contributed by atoms with Crippen LogP contribution in [0.5, 0.6) is 0 Å². The van der Waals surface area contributed by atoms with Crippen LogP contribution in [0.25, 0.3) is 0 Å². The van der Waals surface area contributed by atoms with Crippen LogP contribution in [-0.4, -0.2) is 15.2 Å². The molecule has 0 unspecified atom stereocenters. The van der Waals surface area contributed by atoms with Crippen molar-refractivity contribution in [3.63, 3.8) is 0 Å². The second-order valence-corrected chi connectivity index (χ2v) is 7.14. The third-order valence-electron chi connectivity index (χ3n) is 1.88. The van der Waals surface area contributed by atoms with Crippen LogP contribution in [0, 0.1) is 11.6 Å². The molecule has 2 nitrogen and oxygen atoms in total. The molecule has 1 rings (SSSR count). The number of hydrogen-bond donors (Lipinski definition) is 0. The van der Waals surface area contributed by atoms with Crippen LogP contribution in [0.2, 0.25) is 0 Å². The quantitative estimate of drug-likeness (QED) is 0.604. The van der Waals surface area contributed by atoms with Crippen molar-refractivity contribution >= 4 is 33.1 Å². The van der Waals surface area contributed by atoms with Crippen molar-refractivity contribution in [3.05, 3.63) is 33.8 Å². The van der Waals surface area contributed by atoms with Crippen LogP contribution in [0.1, 0.15) is 26.3 Å².